The molecule has 1 saturated heterocycles. The summed E-state index contributed by atoms with van der Waals surface area (Å²) in [4.78, 5) is 41.5. The zero-order chi connectivity index (χ0) is 24.1. The van der Waals surface area contributed by atoms with Crippen LogP contribution < -0.4 is 10.6 Å². The Labute approximate surface area is 200 Å². The highest BCUT2D eigenvalue weighted by atomic mass is 35.5. The van der Waals surface area contributed by atoms with E-state index in [0.717, 1.165) is 24.8 Å². The number of nitrogens with zero attached hydrogens (tertiary/aromatic N) is 1. The van der Waals surface area contributed by atoms with Gasteiger partial charge in [0.15, 0.2) is 0 Å². The van der Waals surface area contributed by atoms with Crippen LogP contribution in [0.3, 0.4) is 0 Å². The average molecular weight is 476 g/mol. The van der Waals surface area contributed by atoms with E-state index in [2.05, 4.69) is 10.6 Å². The monoisotopic (exact) mass is 475 g/mol. The summed E-state index contributed by atoms with van der Waals surface area (Å²) in [5.74, 6) is -2.22. The number of benzene rings is 1. The van der Waals surface area contributed by atoms with Crippen molar-refractivity contribution in [3.8, 4) is 0 Å². The number of nitrogens with one attached hydrogen (secondary N) is 2. The fraction of sp³-hybridized carbons (Fsp3) is 0.560. The molecule has 0 unspecified atom stereocenters. The van der Waals surface area contributed by atoms with Gasteiger partial charge in [-0.2, -0.15) is 0 Å². The summed E-state index contributed by atoms with van der Waals surface area (Å²) in [5, 5.41) is 15.1. The van der Waals surface area contributed by atoms with E-state index in [1.165, 1.54) is 0 Å². The molecule has 3 amide bonds. The molecular weight excluding hydrogens is 442 g/mol. The number of amides is 3. The Morgan fingerprint density at radius 2 is 1.85 bits per heavy atom. The molecule has 0 aromatic heterocycles. The van der Waals surface area contributed by atoms with Gasteiger partial charge in [0, 0.05) is 26.1 Å². The van der Waals surface area contributed by atoms with E-state index in [9.17, 15) is 14.4 Å². The molecule has 3 N–H and O–H groups in total. The summed E-state index contributed by atoms with van der Waals surface area (Å²) in [6.45, 7) is 4.37. The van der Waals surface area contributed by atoms with E-state index in [1.54, 1.807) is 18.0 Å². The van der Waals surface area contributed by atoms with Crippen LogP contribution in [0.1, 0.15) is 38.2 Å². The Kier molecular flexibility index (Phi) is 8.54. The van der Waals surface area contributed by atoms with E-state index >= 15 is 0 Å². The molecular formula is C25H34ClN3O4. The number of hydrogen-bond acceptors (Lipinski definition) is 4. The van der Waals surface area contributed by atoms with Gasteiger partial charge < -0.3 is 20.6 Å². The maximum atomic E-state index is 13.6. The van der Waals surface area contributed by atoms with Gasteiger partial charge in [-0.1, -0.05) is 55.7 Å². The fourth-order valence-corrected chi connectivity index (χ4v) is 5.40. The number of allylic oxidation sites excluding steroid dienone is 1. The SMILES string of the molecule is CNC(=O)[C@H]1[C@H]2C(=O)N(CCCCCCO)[C@H](C(=O)Nc3c(C)cccc3Cl)[C@H]2C=C[C@H]1C. The number of carbonyl (C=O) groups is 3. The van der Waals surface area contributed by atoms with Gasteiger partial charge in [0.25, 0.3) is 0 Å². The van der Waals surface area contributed by atoms with Crippen molar-refractivity contribution in [2.45, 2.75) is 45.6 Å². The highest BCUT2D eigenvalue weighted by Crippen LogP contribution is 2.44. The maximum Gasteiger partial charge on any atom is 0.247 e. The number of rotatable bonds is 9. The number of aryl methyl sites for hydroxylation is 1. The van der Waals surface area contributed by atoms with E-state index in [4.69, 9.17) is 16.7 Å². The molecule has 1 aromatic carbocycles. The van der Waals surface area contributed by atoms with Crippen LogP contribution in [0.25, 0.3) is 0 Å². The lowest BCUT2D eigenvalue weighted by Crippen LogP contribution is -2.45. The Morgan fingerprint density at radius 3 is 2.52 bits per heavy atom. The largest absolute Gasteiger partial charge is 0.396 e. The van der Waals surface area contributed by atoms with Crippen molar-refractivity contribution in [1.82, 2.24) is 10.2 Å². The first-order valence-corrected chi connectivity index (χ1v) is 12.1. The highest BCUT2D eigenvalue weighted by Gasteiger charge is 2.56. The Hall–Kier alpha value is -2.38. The second kappa shape index (κ2) is 11.2. The summed E-state index contributed by atoms with van der Waals surface area (Å²) in [7, 11) is 1.57. The maximum absolute atomic E-state index is 13.6. The highest BCUT2D eigenvalue weighted by molar-refractivity contribution is 6.34. The number of fused-ring (bicyclic) bond motifs is 1. The van der Waals surface area contributed by atoms with Gasteiger partial charge >= 0.3 is 0 Å². The smallest absolute Gasteiger partial charge is 0.247 e. The Morgan fingerprint density at radius 1 is 1.12 bits per heavy atom. The van der Waals surface area contributed by atoms with Crippen molar-refractivity contribution in [2.75, 3.05) is 25.5 Å². The van der Waals surface area contributed by atoms with E-state index in [-0.39, 0.29) is 30.2 Å². The van der Waals surface area contributed by atoms with E-state index < -0.39 is 23.8 Å². The first kappa shape index (κ1) is 25.2. The number of aliphatic hydroxyl groups is 1. The van der Waals surface area contributed by atoms with Gasteiger partial charge in [0.05, 0.1) is 22.5 Å². The molecule has 0 bridgehead atoms. The molecule has 1 aromatic rings. The number of anilines is 1. The Balaban J connectivity index is 1.91. The normalized spacial score (nSPS) is 26.3. The summed E-state index contributed by atoms with van der Waals surface area (Å²) in [6, 6.07) is 4.69. The molecule has 1 aliphatic heterocycles. The second-order valence-corrected chi connectivity index (χ2v) is 9.43. The van der Waals surface area contributed by atoms with Crippen LogP contribution in [0.4, 0.5) is 5.69 Å². The van der Waals surface area contributed by atoms with Crippen LogP contribution in [-0.2, 0) is 14.4 Å². The van der Waals surface area contributed by atoms with Gasteiger partial charge in [-0.15, -0.1) is 0 Å². The lowest BCUT2D eigenvalue weighted by Gasteiger charge is -2.32. The molecule has 0 spiro atoms. The average Bonchev–Trinajstić information content (AvgIpc) is 3.07. The van der Waals surface area contributed by atoms with Gasteiger partial charge in [-0.25, -0.2) is 0 Å². The first-order valence-electron chi connectivity index (χ1n) is 11.7. The van der Waals surface area contributed by atoms with Crippen LogP contribution in [0.2, 0.25) is 5.02 Å². The summed E-state index contributed by atoms with van der Waals surface area (Å²) in [6.07, 6.45) is 7.03. The molecule has 5 atom stereocenters. The molecule has 1 aliphatic carbocycles. The molecule has 33 heavy (non-hydrogen) atoms. The number of unbranched alkanes of at least 4 members (excludes halogenated alkanes) is 3. The molecule has 7 nitrogen and oxygen atoms in total. The number of aliphatic hydroxyl groups excluding tert-OH is 1. The predicted octanol–water partition coefficient (Wildman–Crippen LogP) is 3.15. The van der Waals surface area contributed by atoms with Crippen molar-refractivity contribution < 1.29 is 19.5 Å². The minimum atomic E-state index is -0.716. The summed E-state index contributed by atoms with van der Waals surface area (Å²) < 4.78 is 0. The van der Waals surface area contributed by atoms with Gasteiger partial charge in [-0.3, -0.25) is 14.4 Å². The molecule has 180 valence electrons. The minimum absolute atomic E-state index is 0.103. The van der Waals surface area contributed by atoms with Crippen LogP contribution in [0.15, 0.2) is 30.4 Å². The number of hydrogen-bond donors (Lipinski definition) is 3. The van der Waals surface area contributed by atoms with Crippen LogP contribution in [0.5, 0.6) is 0 Å². The van der Waals surface area contributed by atoms with E-state index in [0.29, 0.717) is 23.7 Å². The van der Waals surface area contributed by atoms with Gasteiger partial charge in [0.2, 0.25) is 17.7 Å². The zero-order valence-electron chi connectivity index (χ0n) is 19.5. The number of likely N-dealkylation sites (tertiary alicyclic amines) is 1. The van der Waals surface area contributed by atoms with Crippen molar-refractivity contribution in [2.24, 2.45) is 23.7 Å². The quantitative estimate of drug-likeness (QED) is 0.377. The molecule has 0 radical (unpaired) electrons. The lowest BCUT2D eigenvalue weighted by atomic mass is 9.70. The topological polar surface area (TPSA) is 98.7 Å². The molecule has 1 heterocycles. The summed E-state index contributed by atoms with van der Waals surface area (Å²) in [5.41, 5.74) is 1.38. The van der Waals surface area contributed by atoms with Crippen LogP contribution >= 0.6 is 11.6 Å². The number of halogens is 1. The number of carbonyl (C=O) groups excluding carboxylic acids is 3. The number of para-hydroxylation sites is 1. The molecule has 1 fully saturated rings. The molecule has 0 saturated carbocycles. The molecule has 2 aliphatic rings. The third-order valence-electron chi connectivity index (χ3n) is 6.87. The van der Waals surface area contributed by atoms with Crippen molar-refractivity contribution in [3.05, 3.63) is 40.9 Å². The molecule has 8 heteroatoms. The van der Waals surface area contributed by atoms with Gasteiger partial charge in [-0.05, 0) is 37.3 Å². The summed E-state index contributed by atoms with van der Waals surface area (Å²) >= 11 is 6.33. The molecule has 3 rings (SSSR count). The second-order valence-electron chi connectivity index (χ2n) is 9.02. The minimum Gasteiger partial charge on any atom is -0.396 e. The van der Waals surface area contributed by atoms with Crippen LogP contribution in [0, 0.1) is 30.6 Å². The first-order chi connectivity index (χ1) is 15.8. The van der Waals surface area contributed by atoms with Crippen molar-refractivity contribution in [1.29, 1.82) is 0 Å². The fourth-order valence-electron chi connectivity index (χ4n) is 5.13. The predicted molar refractivity (Wildman–Crippen MR) is 129 cm³/mol. The zero-order valence-corrected chi connectivity index (χ0v) is 20.3. The third kappa shape index (κ3) is 5.25. The van der Waals surface area contributed by atoms with Gasteiger partial charge in [0.1, 0.15) is 6.04 Å². The van der Waals surface area contributed by atoms with Crippen molar-refractivity contribution >= 4 is 35.0 Å². The van der Waals surface area contributed by atoms with Crippen molar-refractivity contribution in [3.63, 3.8) is 0 Å². The Bertz CT molecular complexity index is 899. The standard InChI is InChI=1S/C25H34ClN3O4/c1-15-11-12-17-20(19(15)23(31)27-3)25(33)29(13-6-4-5-7-14-30)22(17)24(32)28-21-16(2)9-8-10-18(21)26/h8-12,15,17,19-20,22,30H,4-7,13-14H2,1-3H3,(H,27,31)(H,28,32)/t15-,17+,19-,20+,22+/m1/s1. The van der Waals surface area contributed by atoms with E-state index in [1.807, 2.05) is 38.1 Å². The van der Waals surface area contributed by atoms with Crippen LogP contribution in [-0.4, -0.2) is 54.0 Å². The lowest BCUT2D eigenvalue weighted by molar-refractivity contribution is -0.140. The third-order valence-corrected chi connectivity index (χ3v) is 7.18.